The Bertz CT molecular complexity index is 505. The summed E-state index contributed by atoms with van der Waals surface area (Å²) < 4.78 is 10.9. The van der Waals surface area contributed by atoms with Crippen molar-refractivity contribution in [2.75, 3.05) is 13.2 Å². The highest BCUT2D eigenvalue weighted by molar-refractivity contribution is 7.80. The molecular weight excluding hydrogens is 302 g/mol. The molecule has 0 spiro atoms. The first kappa shape index (κ1) is 17.8. The van der Waals surface area contributed by atoms with Gasteiger partial charge in [-0.1, -0.05) is 6.08 Å². The Morgan fingerprint density at radius 3 is 2.55 bits per heavy atom. The summed E-state index contributed by atoms with van der Waals surface area (Å²) in [4.78, 5) is 11.9. The van der Waals surface area contributed by atoms with E-state index in [9.17, 15) is 4.79 Å². The maximum absolute atomic E-state index is 11.9. The van der Waals surface area contributed by atoms with Crippen LogP contribution in [0, 0.1) is 0 Å². The highest BCUT2D eigenvalue weighted by Crippen LogP contribution is 2.18. The molecular formula is C15H21N3O3S. The van der Waals surface area contributed by atoms with Crippen LogP contribution in [0.15, 0.2) is 36.9 Å². The number of nitrogens with one attached hydrogen (secondary N) is 3. The van der Waals surface area contributed by atoms with Crippen LogP contribution in [0.5, 0.6) is 11.5 Å². The summed E-state index contributed by atoms with van der Waals surface area (Å²) >= 11 is 4.95. The van der Waals surface area contributed by atoms with Gasteiger partial charge in [0.1, 0.15) is 11.5 Å². The number of hydrazine groups is 1. The zero-order valence-corrected chi connectivity index (χ0v) is 13.5. The number of amides is 1. The molecule has 7 heteroatoms. The second-order valence-electron chi connectivity index (χ2n) is 4.28. The topological polar surface area (TPSA) is 71.6 Å². The Hall–Kier alpha value is -2.28. The summed E-state index contributed by atoms with van der Waals surface area (Å²) in [7, 11) is 0. The molecule has 3 N–H and O–H groups in total. The number of benzene rings is 1. The summed E-state index contributed by atoms with van der Waals surface area (Å²) in [6, 6.07) is 7.07. The Kier molecular flexibility index (Phi) is 7.77. The van der Waals surface area contributed by atoms with Gasteiger partial charge in [0.05, 0.1) is 6.61 Å². The van der Waals surface area contributed by atoms with Crippen molar-refractivity contribution in [2.24, 2.45) is 0 Å². The molecule has 1 amide bonds. The first-order chi connectivity index (χ1) is 10.6. The predicted molar refractivity (Wildman–Crippen MR) is 89.8 cm³/mol. The first-order valence-corrected chi connectivity index (χ1v) is 7.31. The molecule has 1 rings (SSSR count). The molecule has 1 aromatic carbocycles. The molecule has 0 aliphatic heterocycles. The molecule has 0 fully saturated rings. The van der Waals surface area contributed by atoms with Gasteiger partial charge in [0.25, 0.3) is 5.91 Å². The minimum absolute atomic E-state index is 0.307. The van der Waals surface area contributed by atoms with Gasteiger partial charge >= 0.3 is 0 Å². The van der Waals surface area contributed by atoms with E-state index >= 15 is 0 Å². The molecule has 22 heavy (non-hydrogen) atoms. The van der Waals surface area contributed by atoms with E-state index in [1.807, 2.05) is 6.92 Å². The average Bonchev–Trinajstić information content (AvgIpc) is 2.52. The quantitative estimate of drug-likeness (QED) is 0.402. The van der Waals surface area contributed by atoms with Crippen LogP contribution in [0.4, 0.5) is 0 Å². The molecule has 0 aliphatic rings. The molecule has 0 bridgehead atoms. The zero-order valence-electron chi connectivity index (χ0n) is 12.7. The van der Waals surface area contributed by atoms with Gasteiger partial charge in [-0.15, -0.1) is 6.58 Å². The highest BCUT2D eigenvalue weighted by atomic mass is 32.1. The predicted octanol–water partition coefficient (Wildman–Crippen LogP) is 1.53. The van der Waals surface area contributed by atoms with Crippen LogP contribution in [0.3, 0.4) is 0 Å². The molecule has 1 atom stereocenters. The van der Waals surface area contributed by atoms with Crippen molar-refractivity contribution in [1.82, 2.24) is 16.2 Å². The normalized spacial score (nSPS) is 11.0. The van der Waals surface area contributed by atoms with Gasteiger partial charge < -0.3 is 14.8 Å². The third kappa shape index (κ3) is 6.45. The van der Waals surface area contributed by atoms with Crippen molar-refractivity contribution in [3.05, 3.63) is 36.9 Å². The van der Waals surface area contributed by atoms with Crippen LogP contribution in [0.2, 0.25) is 0 Å². The molecule has 1 aromatic rings. The largest absolute Gasteiger partial charge is 0.494 e. The van der Waals surface area contributed by atoms with E-state index in [1.54, 1.807) is 37.3 Å². The van der Waals surface area contributed by atoms with Crippen molar-refractivity contribution >= 4 is 23.2 Å². The number of hydrogen-bond acceptors (Lipinski definition) is 4. The molecule has 0 saturated heterocycles. The number of carbonyl (C=O) groups is 1. The van der Waals surface area contributed by atoms with Crippen molar-refractivity contribution in [1.29, 1.82) is 0 Å². The van der Waals surface area contributed by atoms with Gasteiger partial charge in [0.2, 0.25) is 0 Å². The van der Waals surface area contributed by atoms with Gasteiger partial charge in [0.15, 0.2) is 11.2 Å². The van der Waals surface area contributed by atoms with Crippen molar-refractivity contribution in [3.63, 3.8) is 0 Å². The van der Waals surface area contributed by atoms with E-state index in [2.05, 4.69) is 22.7 Å². The third-order valence-electron chi connectivity index (χ3n) is 2.52. The summed E-state index contributed by atoms with van der Waals surface area (Å²) in [5, 5.41) is 3.13. The monoisotopic (exact) mass is 323 g/mol. The number of thiocarbonyl (C=S) groups is 1. The van der Waals surface area contributed by atoms with Gasteiger partial charge in [-0.05, 0) is 50.3 Å². The van der Waals surface area contributed by atoms with Crippen molar-refractivity contribution in [2.45, 2.75) is 20.0 Å². The Balaban J connectivity index is 2.40. The second kappa shape index (κ2) is 9.62. The molecule has 120 valence electrons. The fraction of sp³-hybridized carbons (Fsp3) is 0.333. The van der Waals surface area contributed by atoms with Crippen LogP contribution in [-0.4, -0.2) is 30.3 Å². The lowest BCUT2D eigenvalue weighted by Crippen LogP contribution is -2.50. The van der Waals surface area contributed by atoms with Crippen LogP contribution >= 0.6 is 12.2 Å². The number of hydrogen-bond donors (Lipinski definition) is 3. The Labute approximate surface area is 135 Å². The molecule has 6 nitrogen and oxygen atoms in total. The number of ether oxygens (including phenoxy) is 2. The van der Waals surface area contributed by atoms with Crippen molar-refractivity contribution in [3.8, 4) is 11.5 Å². The standard InChI is InChI=1S/C15H21N3O3S/c1-4-10-16-15(22)18-17-14(19)11(3)21-13-8-6-12(7-9-13)20-5-2/h4,6-9,11H,1,5,10H2,2-3H3,(H,17,19)(H2,16,18,22)/t11-/m1/s1. The molecule has 0 aromatic heterocycles. The molecule has 0 heterocycles. The van der Waals surface area contributed by atoms with E-state index in [4.69, 9.17) is 21.7 Å². The molecule has 0 radical (unpaired) electrons. The molecule has 0 saturated carbocycles. The maximum Gasteiger partial charge on any atom is 0.279 e. The lowest BCUT2D eigenvalue weighted by atomic mass is 10.3. The lowest BCUT2D eigenvalue weighted by Gasteiger charge is -2.16. The Morgan fingerprint density at radius 2 is 1.95 bits per heavy atom. The van der Waals surface area contributed by atoms with Crippen LogP contribution < -0.4 is 25.6 Å². The highest BCUT2D eigenvalue weighted by Gasteiger charge is 2.14. The second-order valence-corrected chi connectivity index (χ2v) is 4.69. The summed E-state index contributed by atoms with van der Waals surface area (Å²) in [6.07, 6.45) is 0.987. The van der Waals surface area contributed by atoms with Gasteiger partial charge in [0, 0.05) is 6.54 Å². The smallest absolute Gasteiger partial charge is 0.279 e. The fourth-order valence-electron chi connectivity index (χ4n) is 1.47. The molecule has 0 unspecified atom stereocenters. The SMILES string of the molecule is C=CCNC(=S)NNC(=O)[C@@H](C)Oc1ccc(OCC)cc1. The molecule has 0 aliphatic carbocycles. The average molecular weight is 323 g/mol. The van der Waals surface area contributed by atoms with E-state index in [-0.39, 0.29) is 5.91 Å². The summed E-state index contributed by atoms with van der Waals surface area (Å²) in [6.45, 7) is 8.23. The minimum Gasteiger partial charge on any atom is -0.494 e. The fourth-order valence-corrected chi connectivity index (χ4v) is 1.60. The number of carbonyl (C=O) groups excluding carboxylic acids is 1. The van der Waals surface area contributed by atoms with Crippen molar-refractivity contribution < 1.29 is 14.3 Å². The van der Waals surface area contributed by atoms with E-state index in [0.717, 1.165) is 5.75 Å². The van der Waals surface area contributed by atoms with Crippen LogP contribution in [0.25, 0.3) is 0 Å². The zero-order chi connectivity index (χ0) is 16.4. The summed E-state index contributed by atoms with van der Waals surface area (Å²) in [5.41, 5.74) is 5.05. The van der Waals surface area contributed by atoms with Crippen LogP contribution in [-0.2, 0) is 4.79 Å². The summed E-state index contributed by atoms with van der Waals surface area (Å²) in [5.74, 6) is 1.00. The van der Waals surface area contributed by atoms with Crippen LogP contribution in [0.1, 0.15) is 13.8 Å². The van der Waals surface area contributed by atoms with Gasteiger partial charge in [-0.3, -0.25) is 15.6 Å². The minimum atomic E-state index is -0.673. The number of rotatable bonds is 7. The lowest BCUT2D eigenvalue weighted by molar-refractivity contribution is -0.127. The Morgan fingerprint density at radius 1 is 1.32 bits per heavy atom. The van der Waals surface area contributed by atoms with E-state index in [1.165, 1.54) is 0 Å². The van der Waals surface area contributed by atoms with E-state index < -0.39 is 6.10 Å². The van der Waals surface area contributed by atoms with Gasteiger partial charge in [-0.25, -0.2) is 0 Å². The maximum atomic E-state index is 11.9. The van der Waals surface area contributed by atoms with Gasteiger partial charge in [-0.2, -0.15) is 0 Å². The third-order valence-corrected chi connectivity index (χ3v) is 2.77. The first-order valence-electron chi connectivity index (χ1n) is 6.91. The van der Waals surface area contributed by atoms with E-state index in [0.29, 0.717) is 24.0 Å².